The van der Waals surface area contributed by atoms with Crippen LogP contribution in [-0.4, -0.2) is 9.55 Å². The van der Waals surface area contributed by atoms with E-state index in [2.05, 4.69) is 201 Å². The summed E-state index contributed by atoms with van der Waals surface area (Å²) in [5.74, 6) is 0.880. The molecule has 0 fully saturated rings. The second-order valence-electron chi connectivity index (χ2n) is 15.4. The van der Waals surface area contributed by atoms with E-state index in [1.54, 1.807) is 0 Å². The summed E-state index contributed by atoms with van der Waals surface area (Å²) in [5.41, 5.74) is 11.9. The van der Waals surface area contributed by atoms with E-state index in [0.29, 0.717) is 0 Å². The molecule has 1 aliphatic rings. The topological polar surface area (TPSA) is 24.3 Å². The standard InChI is InChI=1S/C49H41N4.Pt/c1-48(2,3)41-20-10-12-22-43(41)52-33-51(44-23-13-14-24-45(44)52)38-30-35(34-17-7-6-8-18-34)29-37(31-38)49(4,5)36-26-27-40-39-19-9-11-21-42(39)53(46(40)32-36)47-25-15-16-28-50-47;/h6-30,33H,1-5H3;/q-3;. The zero-order valence-electron chi connectivity index (χ0n) is 31.1. The molecule has 5 heteroatoms. The largest absolute Gasteiger partial charge is 0.493 e. The molecule has 0 saturated carbocycles. The minimum absolute atomic E-state index is 0. The van der Waals surface area contributed by atoms with E-state index >= 15 is 0 Å². The fraction of sp³-hybridized carbons (Fsp3) is 0.143. The summed E-state index contributed by atoms with van der Waals surface area (Å²) in [6, 6.07) is 59.6. The van der Waals surface area contributed by atoms with Gasteiger partial charge in [-0.3, -0.25) is 0 Å². The van der Waals surface area contributed by atoms with E-state index in [-0.39, 0.29) is 26.5 Å². The normalized spacial score (nSPS) is 13.0. The van der Waals surface area contributed by atoms with Crippen LogP contribution in [0.4, 0.5) is 22.7 Å². The van der Waals surface area contributed by atoms with Crippen LogP contribution in [0.5, 0.6) is 0 Å². The molecule has 0 spiro atoms. The Morgan fingerprint density at radius 2 is 1.22 bits per heavy atom. The quantitative estimate of drug-likeness (QED) is 0.156. The Labute approximate surface area is 333 Å². The molecule has 0 radical (unpaired) electrons. The van der Waals surface area contributed by atoms with Crippen molar-refractivity contribution in [3.63, 3.8) is 0 Å². The first-order valence-electron chi connectivity index (χ1n) is 18.3. The Kier molecular flexibility index (Phi) is 9.07. The molecule has 8 aromatic rings. The smallest absolute Gasteiger partial charge is 0.135 e. The number of pyridine rings is 1. The van der Waals surface area contributed by atoms with Crippen LogP contribution in [0.2, 0.25) is 0 Å². The van der Waals surface area contributed by atoms with Crippen molar-refractivity contribution < 1.29 is 21.1 Å². The Morgan fingerprint density at radius 3 is 1.96 bits per heavy atom. The maximum atomic E-state index is 4.76. The summed E-state index contributed by atoms with van der Waals surface area (Å²) in [4.78, 5) is 9.39. The van der Waals surface area contributed by atoms with Crippen LogP contribution in [0.15, 0.2) is 152 Å². The molecule has 0 bridgehead atoms. The van der Waals surface area contributed by atoms with Gasteiger partial charge in [0, 0.05) is 49.8 Å². The number of benzene rings is 6. The molecule has 0 amide bonds. The summed E-state index contributed by atoms with van der Waals surface area (Å²) in [6.07, 6.45) is 1.85. The number of anilines is 4. The van der Waals surface area contributed by atoms with E-state index < -0.39 is 5.41 Å². The average molecular weight is 881 g/mol. The molecule has 0 N–H and O–H groups in total. The van der Waals surface area contributed by atoms with E-state index in [4.69, 9.17) is 4.98 Å². The van der Waals surface area contributed by atoms with E-state index in [9.17, 15) is 0 Å². The van der Waals surface area contributed by atoms with Crippen molar-refractivity contribution in [2.24, 2.45) is 0 Å². The third kappa shape index (κ3) is 6.03. The second-order valence-corrected chi connectivity index (χ2v) is 15.4. The summed E-state index contributed by atoms with van der Waals surface area (Å²) >= 11 is 0. The predicted octanol–water partition coefficient (Wildman–Crippen LogP) is 12.5. The Hall–Kier alpha value is -5.44. The van der Waals surface area contributed by atoms with Gasteiger partial charge in [-0.25, -0.2) is 4.98 Å². The molecule has 0 unspecified atom stereocenters. The summed E-state index contributed by atoms with van der Waals surface area (Å²) < 4.78 is 2.24. The fourth-order valence-corrected chi connectivity index (χ4v) is 7.76. The van der Waals surface area contributed by atoms with Crippen LogP contribution in [0.3, 0.4) is 0 Å². The first kappa shape index (κ1) is 35.6. The third-order valence-corrected chi connectivity index (χ3v) is 10.6. The first-order chi connectivity index (χ1) is 25.7. The number of rotatable bonds is 6. The summed E-state index contributed by atoms with van der Waals surface area (Å²) in [7, 11) is 0. The number of hydrogen-bond donors (Lipinski definition) is 0. The molecule has 0 aliphatic carbocycles. The van der Waals surface area contributed by atoms with Crippen molar-refractivity contribution in [2.75, 3.05) is 9.80 Å². The number of nitrogens with zero attached hydrogens (tertiary/aromatic N) is 4. The zero-order chi connectivity index (χ0) is 36.3. The van der Waals surface area contributed by atoms with Crippen molar-refractivity contribution in [2.45, 2.75) is 45.4 Å². The van der Waals surface area contributed by atoms with Gasteiger partial charge in [0.25, 0.3) is 0 Å². The predicted molar refractivity (Wildman–Crippen MR) is 220 cm³/mol. The van der Waals surface area contributed by atoms with Gasteiger partial charge in [-0.2, -0.15) is 41.5 Å². The molecule has 9 rings (SSSR count). The van der Waals surface area contributed by atoms with Crippen molar-refractivity contribution in [3.05, 3.63) is 187 Å². The molecule has 54 heavy (non-hydrogen) atoms. The van der Waals surface area contributed by atoms with Gasteiger partial charge in [0.2, 0.25) is 0 Å². The van der Waals surface area contributed by atoms with Gasteiger partial charge in [-0.15, -0.1) is 29.4 Å². The van der Waals surface area contributed by atoms with Crippen molar-refractivity contribution in [1.29, 1.82) is 0 Å². The van der Waals surface area contributed by atoms with Crippen molar-refractivity contribution >= 4 is 44.6 Å². The molecule has 2 aromatic heterocycles. The Balaban J connectivity index is 0.00000413. The molecule has 4 nitrogen and oxygen atoms in total. The Morgan fingerprint density at radius 1 is 0.556 bits per heavy atom. The second kappa shape index (κ2) is 13.8. The van der Waals surface area contributed by atoms with Crippen LogP contribution < -0.4 is 9.80 Å². The fourth-order valence-electron chi connectivity index (χ4n) is 7.76. The van der Waals surface area contributed by atoms with E-state index in [1.165, 1.54) is 16.6 Å². The molecular formula is C49H41N4Pt-3. The van der Waals surface area contributed by atoms with Gasteiger partial charge >= 0.3 is 0 Å². The van der Waals surface area contributed by atoms with Crippen molar-refractivity contribution in [3.8, 4) is 16.9 Å². The van der Waals surface area contributed by atoms with Crippen LogP contribution in [0.25, 0.3) is 38.8 Å². The number of fused-ring (bicyclic) bond motifs is 4. The molecular weight excluding hydrogens is 840 g/mol. The van der Waals surface area contributed by atoms with Crippen LogP contribution in [-0.2, 0) is 31.9 Å². The van der Waals surface area contributed by atoms with E-state index in [1.807, 2.05) is 18.3 Å². The minimum atomic E-state index is -0.448. The zero-order valence-corrected chi connectivity index (χ0v) is 33.4. The maximum absolute atomic E-state index is 4.76. The van der Waals surface area contributed by atoms with Gasteiger partial charge < -0.3 is 14.4 Å². The third-order valence-electron chi connectivity index (χ3n) is 10.6. The van der Waals surface area contributed by atoms with Crippen molar-refractivity contribution in [1.82, 2.24) is 9.55 Å². The maximum Gasteiger partial charge on any atom is 0.135 e. The SMILES string of the molecule is CC(C)(C)c1ccccc1N1[CH-]N(c2[c-]c(C(C)(C)c3[c-]c4c(cc3)c3ccccc3n4-c3ccccn3)cc(-c3ccccc3)c2)c2ccccc21.[Pt]. The van der Waals surface area contributed by atoms with Crippen LogP contribution in [0.1, 0.15) is 51.3 Å². The summed E-state index contributed by atoms with van der Waals surface area (Å²) in [5, 5.41) is 2.35. The average Bonchev–Trinajstić information content (AvgIpc) is 3.74. The number of para-hydroxylation sites is 4. The van der Waals surface area contributed by atoms with Crippen LogP contribution in [0, 0.1) is 18.8 Å². The van der Waals surface area contributed by atoms with Gasteiger partial charge in [-0.05, 0) is 63.7 Å². The van der Waals surface area contributed by atoms with E-state index in [0.717, 1.165) is 61.6 Å². The number of hydrogen-bond acceptors (Lipinski definition) is 3. The van der Waals surface area contributed by atoms with Gasteiger partial charge in [0.15, 0.2) is 0 Å². The van der Waals surface area contributed by atoms with Gasteiger partial charge in [0.05, 0.1) is 0 Å². The first-order valence-corrected chi connectivity index (χ1v) is 18.3. The van der Waals surface area contributed by atoms with Crippen LogP contribution >= 0.6 is 0 Å². The molecule has 1 aliphatic heterocycles. The summed E-state index contributed by atoms with van der Waals surface area (Å²) in [6.45, 7) is 13.6. The minimum Gasteiger partial charge on any atom is -0.493 e. The number of aromatic nitrogens is 2. The van der Waals surface area contributed by atoms with Gasteiger partial charge in [0.1, 0.15) is 5.82 Å². The molecule has 270 valence electrons. The molecule has 3 heterocycles. The molecule has 6 aromatic carbocycles. The van der Waals surface area contributed by atoms with Gasteiger partial charge in [-0.1, -0.05) is 125 Å². The Bertz CT molecular complexity index is 2620. The molecule has 0 atom stereocenters. The molecule has 0 saturated heterocycles. The monoisotopic (exact) mass is 880 g/mol.